The molecule has 0 bridgehead atoms. The van der Waals surface area contributed by atoms with Gasteiger partial charge < -0.3 is 19.6 Å². The lowest BCUT2D eigenvalue weighted by atomic mass is 9.96. The van der Waals surface area contributed by atoms with Crippen molar-refractivity contribution in [2.24, 2.45) is 4.99 Å². The number of rotatable bonds is 13. The number of hydrogen-bond acceptors (Lipinski definition) is 6. The lowest BCUT2D eigenvalue weighted by Crippen LogP contribution is -2.28. The van der Waals surface area contributed by atoms with E-state index in [-0.39, 0.29) is 0 Å². The van der Waals surface area contributed by atoms with E-state index >= 15 is 0 Å². The zero-order valence-corrected chi connectivity index (χ0v) is 35.3. The Morgan fingerprint density at radius 1 is 0.391 bits per heavy atom. The molecule has 64 heavy (non-hydrogen) atoms. The summed E-state index contributed by atoms with van der Waals surface area (Å²) in [5.41, 5.74) is 14.4. The third-order valence-electron chi connectivity index (χ3n) is 11.5. The molecule has 0 N–H and O–H groups in total. The molecule has 6 nitrogen and oxygen atoms in total. The van der Waals surface area contributed by atoms with Crippen molar-refractivity contribution in [2.75, 3.05) is 26.1 Å². The first-order chi connectivity index (χ1) is 31.8. The summed E-state index contributed by atoms with van der Waals surface area (Å²) in [5.74, 6) is 0. The standard InChI is InChI=1S/C58H44N6/c1-7-19-45(20-8-1)61(46-21-9-2-10-22-46)51-31-35-53(36-32-51)63(49-27-15-5-16-28-49)57-43-59-41-39-55(57)56-40-42-60-44-58(56)64(50-29-17-6-18-30-50)54-37-33-52(34-38-54)62(47-23-11-3-12-24-47)48-25-13-4-14-26-48/h1-31,33,35,37,43-44H,32,36,39,41H2. The summed E-state index contributed by atoms with van der Waals surface area (Å²) in [4.78, 5) is 18.6. The maximum Gasteiger partial charge on any atom is 0.0976 e. The minimum Gasteiger partial charge on any atom is -0.314 e. The van der Waals surface area contributed by atoms with Gasteiger partial charge >= 0.3 is 0 Å². The van der Waals surface area contributed by atoms with E-state index < -0.39 is 0 Å². The van der Waals surface area contributed by atoms with Gasteiger partial charge in [-0.25, -0.2) is 4.98 Å². The minimum atomic E-state index is 0.651. The molecule has 0 spiro atoms. The van der Waals surface area contributed by atoms with Gasteiger partial charge in [0, 0.05) is 64.5 Å². The molecule has 0 saturated carbocycles. The fraction of sp³-hybridized carbons (Fsp3) is 0.0690. The number of anilines is 9. The van der Waals surface area contributed by atoms with E-state index in [4.69, 9.17) is 4.99 Å². The Morgan fingerprint density at radius 3 is 1.25 bits per heavy atom. The first kappa shape index (κ1) is 39.5. The molecule has 2 heterocycles. The maximum absolute atomic E-state index is 4.92. The average molecular weight is 825 g/mol. The molecule has 0 amide bonds. The molecule has 0 atom stereocenters. The van der Waals surface area contributed by atoms with Gasteiger partial charge in [-0.15, -0.1) is 0 Å². The predicted octanol–water partition coefficient (Wildman–Crippen LogP) is 14.3. The van der Waals surface area contributed by atoms with Gasteiger partial charge in [0.05, 0.1) is 34.5 Å². The fourth-order valence-corrected chi connectivity index (χ4v) is 8.54. The van der Waals surface area contributed by atoms with E-state index in [1.807, 2.05) is 30.6 Å². The van der Waals surface area contributed by atoms with Crippen LogP contribution in [0.1, 0.15) is 24.8 Å². The van der Waals surface area contributed by atoms with Gasteiger partial charge in [0.2, 0.25) is 0 Å². The van der Waals surface area contributed by atoms with Crippen LogP contribution in [0.5, 0.6) is 0 Å². The van der Waals surface area contributed by atoms with Gasteiger partial charge in [0.25, 0.3) is 0 Å². The topological polar surface area (TPSA) is 38.2 Å². The van der Waals surface area contributed by atoms with E-state index in [0.717, 1.165) is 80.9 Å². The Morgan fingerprint density at radius 2 is 0.797 bits per heavy atom. The molecule has 0 radical (unpaired) electrons. The van der Waals surface area contributed by atoms with Crippen LogP contribution in [-0.2, 0) is 0 Å². The average Bonchev–Trinajstić information content (AvgIpc) is 3.38. The summed E-state index contributed by atoms with van der Waals surface area (Å²) >= 11 is 0. The molecule has 1 aliphatic heterocycles. The summed E-state index contributed by atoms with van der Waals surface area (Å²) in [7, 11) is 0. The minimum absolute atomic E-state index is 0.651. The molecule has 7 aromatic carbocycles. The predicted molar refractivity (Wildman–Crippen MR) is 263 cm³/mol. The highest BCUT2D eigenvalue weighted by Crippen LogP contribution is 2.43. The van der Waals surface area contributed by atoms with Crippen LogP contribution in [0.4, 0.5) is 51.2 Å². The van der Waals surface area contributed by atoms with Gasteiger partial charge in [0.1, 0.15) is 0 Å². The molecular formula is C58H44N6. The smallest absolute Gasteiger partial charge is 0.0976 e. The number of benzene rings is 6. The van der Waals surface area contributed by atoms with Crippen LogP contribution in [0.2, 0.25) is 0 Å². The fourth-order valence-electron chi connectivity index (χ4n) is 8.54. The number of aromatic nitrogens is 1. The molecule has 2 aliphatic rings. The van der Waals surface area contributed by atoms with Gasteiger partial charge in [0.15, 0.2) is 0 Å². The number of hydrogen-bond donors (Lipinski definition) is 0. The zero-order valence-electron chi connectivity index (χ0n) is 35.3. The van der Waals surface area contributed by atoms with Gasteiger partial charge in [-0.3, -0.25) is 4.99 Å². The number of dihydropyridines is 1. The van der Waals surface area contributed by atoms with Crippen molar-refractivity contribution < 1.29 is 0 Å². The summed E-state index contributed by atoms with van der Waals surface area (Å²) in [6, 6.07) is 77.8. The van der Waals surface area contributed by atoms with E-state index in [9.17, 15) is 0 Å². The van der Waals surface area contributed by atoms with Crippen molar-refractivity contribution in [2.45, 2.75) is 19.3 Å². The van der Waals surface area contributed by atoms with Crippen molar-refractivity contribution in [3.63, 3.8) is 0 Å². The van der Waals surface area contributed by atoms with E-state index in [0.29, 0.717) is 13.0 Å². The van der Waals surface area contributed by atoms with Crippen molar-refractivity contribution >= 4 is 63.0 Å². The summed E-state index contributed by atoms with van der Waals surface area (Å²) in [5, 5.41) is 0. The summed E-state index contributed by atoms with van der Waals surface area (Å²) in [6.07, 6.45) is 13.9. The van der Waals surface area contributed by atoms with Crippen LogP contribution in [0.15, 0.2) is 235 Å². The first-order valence-corrected chi connectivity index (χ1v) is 21.7. The Bertz CT molecular complexity index is 2830. The third-order valence-corrected chi connectivity index (χ3v) is 11.5. The first-order valence-electron chi connectivity index (χ1n) is 21.7. The molecule has 1 aliphatic carbocycles. The largest absolute Gasteiger partial charge is 0.314 e. The number of para-hydroxylation sites is 6. The van der Waals surface area contributed by atoms with Crippen LogP contribution in [0.3, 0.4) is 0 Å². The van der Waals surface area contributed by atoms with Crippen molar-refractivity contribution in [3.05, 3.63) is 260 Å². The number of allylic oxidation sites excluding steroid dienone is 5. The normalized spacial score (nSPS) is 13.2. The van der Waals surface area contributed by atoms with E-state index in [2.05, 4.69) is 237 Å². The zero-order chi connectivity index (χ0) is 42.9. The Balaban J connectivity index is 1.08. The van der Waals surface area contributed by atoms with Crippen LogP contribution in [0, 0.1) is 24.4 Å². The van der Waals surface area contributed by atoms with E-state index in [1.165, 1.54) is 11.4 Å². The monoisotopic (exact) mass is 824 g/mol. The highest BCUT2D eigenvalue weighted by atomic mass is 15.2. The van der Waals surface area contributed by atoms with Crippen molar-refractivity contribution in [1.82, 2.24) is 4.98 Å². The number of aliphatic imine (C=N–C) groups is 1. The lowest BCUT2D eigenvalue weighted by molar-refractivity contribution is 0.841. The SMILES string of the molecule is c1ncc(N(c2c#cc(N(c3ccccc3)c3ccccc3)cc2)c2ccccc2)c(C2=C(N(C3=CC=C(N(c4ccccc4)c4ccccc4)CC3)c3ccccc3)C=NCC2)c#1. The van der Waals surface area contributed by atoms with Crippen LogP contribution in [0.25, 0.3) is 5.57 Å². The highest BCUT2D eigenvalue weighted by Gasteiger charge is 2.28. The summed E-state index contributed by atoms with van der Waals surface area (Å²) < 4.78 is 0. The van der Waals surface area contributed by atoms with Gasteiger partial charge in [-0.1, -0.05) is 109 Å². The number of nitrogens with zero attached hydrogens (tertiary/aromatic N) is 6. The molecule has 6 heteroatoms. The highest BCUT2D eigenvalue weighted by molar-refractivity contribution is 6.00. The molecule has 306 valence electrons. The van der Waals surface area contributed by atoms with Crippen molar-refractivity contribution in [3.8, 4) is 0 Å². The Kier molecular flexibility index (Phi) is 11.5. The second-order valence-corrected chi connectivity index (χ2v) is 15.4. The van der Waals surface area contributed by atoms with Crippen molar-refractivity contribution in [1.29, 1.82) is 0 Å². The lowest BCUT2D eigenvalue weighted by Gasteiger charge is -2.35. The third kappa shape index (κ3) is 8.25. The van der Waals surface area contributed by atoms with E-state index in [1.54, 1.807) is 0 Å². The molecule has 10 rings (SSSR count). The van der Waals surface area contributed by atoms with Gasteiger partial charge in [-0.05, 0) is 140 Å². The molecule has 8 aromatic rings. The van der Waals surface area contributed by atoms with Gasteiger partial charge in [-0.2, -0.15) is 0 Å². The maximum atomic E-state index is 4.92. The second kappa shape index (κ2) is 18.6. The van der Waals surface area contributed by atoms with Crippen LogP contribution < -0.4 is 19.6 Å². The molecule has 0 saturated heterocycles. The Labute approximate surface area is 376 Å². The summed E-state index contributed by atoms with van der Waals surface area (Å²) in [6.45, 7) is 0.651. The molecule has 0 fully saturated rings. The molecule has 0 unspecified atom stereocenters. The quantitative estimate of drug-likeness (QED) is 0.116. The molecule has 1 aromatic heterocycles. The Hall–Kier alpha value is -8.58. The van der Waals surface area contributed by atoms with Crippen LogP contribution in [-0.4, -0.2) is 17.7 Å². The second-order valence-electron chi connectivity index (χ2n) is 15.4. The van der Waals surface area contributed by atoms with Crippen LogP contribution >= 0.6 is 0 Å². The molecular weight excluding hydrogens is 781 g/mol.